The van der Waals surface area contributed by atoms with Crippen molar-refractivity contribution in [1.29, 1.82) is 0 Å². The summed E-state index contributed by atoms with van der Waals surface area (Å²) in [7, 11) is 0. The van der Waals surface area contributed by atoms with E-state index in [1.807, 2.05) is 0 Å². The maximum absolute atomic E-state index is 11.5. The van der Waals surface area contributed by atoms with Crippen molar-refractivity contribution in [3.63, 3.8) is 0 Å². The van der Waals surface area contributed by atoms with Gasteiger partial charge in [-0.15, -0.1) is 0 Å². The average Bonchev–Trinajstić information content (AvgIpc) is 3.05. The van der Waals surface area contributed by atoms with Crippen molar-refractivity contribution in [1.82, 2.24) is 5.32 Å². The van der Waals surface area contributed by atoms with Crippen LogP contribution in [0.2, 0.25) is 0 Å². The minimum Gasteiger partial charge on any atom is -0.396 e. The van der Waals surface area contributed by atoms with Crippen LogP contribution in [0.1, 0.15) is 39.0 Å². The molecule has 0 bridgehead atoms. The minimum atomic E-state index is 0.0124. The third-order valence-electron chi connectivity index (χ3n) is 3.48. The predicted octanol–water partition coefficient (Wildman–Crippen LogP) is 0.640. The van der Waals surface area contributed by atoms with E-state index >= 15 is 0 Å². The lowest BCUT2D eigenvalue weighted by Gasteiger charge is -2.14. The SMILES string of the molecule is CC(CCN)CCC(=O)NCC1(CO)CC1. The molecule has 0 spiro atoms. The molecule has 4 N–H and O–H groups in total. The average molecular weight is 228 g/mol. The highest BCUT2D eigenvalue weighted by Gasteiger charge is 2.41. The molecule has 1 atom stereocenters. The Hall–Kier alpha value is -0.610. The maximum Gasteiger partial charge on any atom is 0.220 e. The zero-order valence-electron chi connectivity index (χ0n) is 10.2. The van der Waals surface area contributed by atoms with Gasteiger partial charge in [-0.2, -0.15) is 0 Å². The Morgan fingerprint density at radius 3 is 2.69 bits per heavy atom. The van der Waals surface area contributed by atoms with Crippen LogP contribution in [0, 0.1) is 11.3 Å². The lowest BCUT2D eigenvalue weighted by molar-refractivity contribution is -0.121. The molecule has 4 nitrogen and oxygen atoms in total. The van der Waals surface area contributed by atoms with Gasteiger partial charge in [0.1, 0.15) is 0 Å². The second-order valence-corrected chi connectivity index (χ2v) is 5.16. The largest absolute Gasteiger partial charge is 0.396 e. The van der Waals surface area contributed by atoms with Crippen LogP contribution in [0.5, 0.6) is 0 Å². The molecule has 0 heterocycles. The Morgan fingerprint density at radius 2 is 2.19 bits per heavy atom. The van der Waals surface area contributed by atoms with Gasteiger partial charge in [0.15, 0.2) is 0 Å². The molecule has 0 aliphatic heterocycles. The van der Waals surface area contributed by atoms with Gasteiger partial charge in [0.25, 0.3) is 0 Å². The van der Waals surface area contributed by atoms with Crippen molar-refractivity contribution in [2.75, 3.05) is 19.7 Å². The second kappa shape index (κ2) is 6.21. The molecule has 16 heavy (non-hydrogen) atoms. The summed E-state index contributed by atoms with van der Waals surface area (Å²) >= 11 is 0. The van der Waals surface area contributed by atoms with Crippen LogP contribution in [-0.2, 0) is 4.79 Å². The van der Waals surface area contributed by atoms with E-state index in [2.05, 4.69) is 12.2 Å². The van der Waals surface area contributed by atoms with E-state index in [1.54, 1.807) is 0 Å². The number of nitrogens with one attached hydrogen (secondary N) is 1. The lowest BCUT2D eigenvalue weighted by Crippen LogP contribution is -2.31. The number of aliphatic hydroxyl groups is 1. The quantitative estimate of drug-likeness (QED) is 0.570. The highest BCUT2D eigenvalue weighted by atomic mass is 16.3. The zero-order chi connectivity index (χ0) is 12.0. The van der Waals surface area contributed by atoms with Gasteiger partial charge in [-0.3, -0.25) is 4.79 Å². The normalized spacial score (nSPS) is 19.2. The Balaban J connectivity index is 2.07. The van der Waals surface area contributed by atoms with Crippen LogP contribution in [-0.4, -0.2) is 30.7 Å². The van der Waals surface area contributed by atoms with Gasteiger partial charge in [-0.25, -0.2) is 0 Å². The molecule has 0 aromatic rings. The molecule has 0 radical (unpaired) electrons. The fourth-order valence-electron chi connectivity index (χ4n) is 1.75. The van der Waals surface area contributed by atoms with Gasteiger partial charge < -0.3 is 16.2 Å². The number of aliphatic hydroxyl groups excluding tert-OH is 1. The van der Waals surface area contributed by atoms with Crippen molar-refractivity contribution in [3.05, 3.63) is 0 Å². The minimum absolute atomic E-state index is 0.0124. The third kappa shape index (κ3) is 4.49. The fraction of sp³-hybridized carbons (Fsp3) is 0.917. The summed E-state index contributed by atoms with van der Waals surface area (Å²) in [5.74, 6) is 0.618. The molecular formula is C12H24N2O2. The molecule has 1 aliphatic rings. The predicted molar refractivity (Wildman–Crippen MR) is 63.8 cm³/mol. The van der Waals surface area contributed by atoms with Gasteiger partial charge in [0.2, 0.25) is 5.91 Å². The zero-order valence-corrected chi connectivity index (χ0v) is 10.2. The smallest absolute Gasteiger partial charge is 0.220 e. The van der Waals surface area contributed by atoms with Gasteiger partial charge in [0.05, 0.1) is 6.61 Å². The van der Waals surface area contributed by atoms with Crippen molar-refractivity contribution in [2.24, 2.45) is 17.1 Å². The summed E-state index contributed by atoms with van der Waals surface area (Å²) in [5, 5.41) is 12.0. The topological polar surface area (TPSA) is 75.4 Å². The molecular weight excluding hydrogens is 204 g/mol. The molecule has 1 aliphatic carbocycles. The van der Waals surface area contributed by atoms with E-state index in [9.17, 15) is 4.79 Å². The summed E-state index contributed by atoms with van der Waals surface area (Å²) in [6.45, 7) is 3.64. The van der Waals surface area contributed by atoms with Gasteiger partial charge in [-0.1, -0.05) is 6.92 Å². The summed E-state index contributed by atoms with van der Waals surface area (Å²) in [6, 6.07) is 0. The first kappa shape index (κ1) is 13.5. The summed E-state index contributed by atoms with van der Waals surface area (Å²) in [5.41, 5.74) is 5.46. The molecule has 0 aromatic heterocycles. The maximum atomic E-state index is 11.5. The number of hydrogen-bond donors (Lipinski definition) is 3. The van der Waals surface area contributed by atoms with E-state index < -0.39 is 0 Å². The number of carbonyl (C=O) groups excluding carboxylic acids is 1. The van der Waals surface area contributed by atoms with Crippen LogP contribution in [0.3, 0.4) is 0 Å². The van der Waals surface area contributed by atoms with Gasteiger partial charge in [-0.05, 0) is 38.1 Å². The van der Waals surface area contributed by atoms with E-state index in [4.69, 9.17) is 10.8 Å². The second-order valence-electron chi connectivity index (χ2n) is 5.16. The third-order valence-corrected chi connectivity index (χ3v) is 3.48. The van der Waals surface area contributed by atoms with Crippen molar-refractivity contribution in [3.8, 4) is 0 Å². The highest BCUT2D eigenvalue weighted by Crippen LogP contribution is 2.44. The molecule has 0 aromatic carbocycles. The lowest BCUT2D eigenvalue weighted by atomic mass is 10.0. The molecule has 1 amide bonds. The number of carbonyl (C=O) groups is 1. The fourth-order valence-corrected chi connectivity index (χ4v) is 1.75. The first-order valence-electron chi connectivity index (χ1n) is 6.19. The van der Waals surface area contributed by atoms with Crippen LogP contribution in [0.4, 0.5) is 0 Å². The summed E-state index contributed by atoms with van der Waals surface area (Å²) < 4.78 is 0. The summed E-state index contributed by atoms with van der Waals surface area (Å²) in [6.07, 6.45) is 4.52. The Kier molecular flexibility index (Phi) is 5.22. The number of amides is 1. The first-order valence-corrected chi connectivity index (χ1v) is 6.19. The Bertz CT molecular complexity index is 227. The standard InChI is InChI=1S/C12H24N2O2/c1-10(4-7-13)2-3-11(16)14-8-12(9-15)5-6-12/h10,15H,2-9,13H2,1H3,(H,14,16). The van der Waals surface area contributed by atoms with E-state index in [-0.39, 0.29) is 17.9 Å². The first-order chi connectivity index (χ1) is 7.62. The molecule has 4 heteroatoms. The van der Waals surface area contributed by atoms with Crippen LogP contribution < -0.4 is 11.1 Å². The van der Waals surface area contributed by atoms with E-state index in [0.29, 0.717) is 25.4 Å². The molecule has 1 fully saturated rings. The van der Waals surface area contributed by atoms with Crippen molar-refractivity contribution >= 4 is 5.91 Å². The molecule has 94 valence electrons. The highest BCUT2D eigenvalue weighted by molar-refractivity contribution is 5.75. The molecule has 1 unspecified atom stereocenters. The number of hydrogen-bond acceptors (Lipinski definition) is 3. The Morgan fingerprint density at radius 1 is 1.50 bits per heavy atom. The monoisotopic (exact) mass is 228 g/mol. The summed E-state index contributed by atoms with van der Waals surface area (Å²) in [4.78, 5) is 11.5. The van der Waals surface area contributed by atoms with Gasteiger partial charge >= 0.3 is 0 Å². The molecule has 1 rings (SSSR count). The van der Waals surface area contributed by atoms with Crippen LogP contribution in [0.15, 0.2) is 0 Å². The van der Waals surface area contributed by atoms with Crippen molar-refractivity contribution in [2.45, 2.75) is 39.0 Å². The van der Waals surface area contributed by atoms with Crippen LogP contribution >= 0.6 is 0 Å². The molecule has 1 saturated carbocycles. The Labute approximate surface area is 97.6 Å². The number of nitrogens with two attached hydrogens (primary N) is 1. The van der Waals surface area contributed by atoms with Crippen LogP contribution in [0.25, 0.3) is 0 Å². The van der Waals surface area contributed by atoms with E-state index in [0.717, 1.165) is 25.7 Å². The molecule has 0 saturated heterocycles. The number of rotatable bonds is 8. The van der Waals surface area contributed by atoms with E-state index in [1.165, 1.54) is 0 Å². The van der Waals surface area contributed by atoms with Crippen molar-refractivity contribution < 1.29 is 9.90 Å². The van der Waals surface area contributed by atoms with Gasteiger partial charge in [0, 0.05) is 18.4 Å².